The molecule has 3 saturated carbocycles. The number of Topliss-reactive ketones (excluding diaryl/α,β-unsaturated/α-hetero) is 1. The topological polar surface area (TPSA) is 132 Å². The number of hydrogen-bond donors (Lipinski definition) is 4. The van der Waals surface area contributed by atoms with Gasteiger partial charge in [0.1, 0.15) is 18.0 Å². The molecule has 0 heterocycles. The zero-order valence-corrected chi connectivity index (χ0v) is 16.7. The molecule has 0 bridgehead atoms. The van der Waals surface area contributed by atoms with Crippen LogP contribution in [0.4, 0.5) is 0 Å². The second-order valence-corrected chi connectivity index (χ2v) is 9.65. The molecule has 4 aliphatic rings. The Morgan fingerprint density at radius 3 is 2.48 bits per heavy atom. The van der Waals surface area contributed by atoms with E-state index < -0.39 is 40.7 Å². The maximum absolute atomic E-state index is 12.6. The first-order valence-electron chi connectivity index (χ1n) is 10.3. The minimum absolute atomic E-state index is 0.00187. The van der Waals surface area contributed by atoms with Crippen LogP contribution in [0.2, 0.25) is 0 Å². The molecule has 0 radical (unpaired) electrons. The van der Waals surface area contributed by atoms with Gasteiger partial charge in [-0.05, 0) is 62.9 Å². The molecule has 0 aromatic rings. The quantitative estimate of drug-likeness (QED) is 0.564. The molecule has 7 atom stereocenters. The average Bonchev–Trinajstić information content (AvgIpc) is 2.91. The van der Waals surface area contributed by atoms with E-state index in [2.05, 4.69) is 0 Å². The first-order chi connectivity index (χ1) is 13.5. The standard InChI is InChI=1S/C22H28O7/c1-20-6-5-14-13(4-3-11-7-12(24)8-17(25)21(11,14)2)15(20)9-16(19(27)28)22(20,29)18(26)10-23/h7-8,13-16,23,25,29H,3-6,9-10H2,1-2H3,(H,27,28)/t13-,14+,15+,16?,20+,21+,22+/m1/s1. The van der Waals surface area contributed by atoms with Gasteiger partial charge in [0.2, 0.25) is 0 Å². The van der Waals surface area contributed by atoms with Crippen LogP contribution in [0.25, 0.3) is 0 Å². The van der Waals surface area contributed by atoms with E-state index >= 15 is 0 Å². The summed E-state index contributed by atoms with van der Waals surface area (Å²) in [4.78, 5) is 36.5. The fourth-order valence-electron chi connectivity index (χ4n) is 7.26. The van der Waals surface area contributed by atoms with Crippen LogP contribution in [0.1, 0.15) is 46.0 Å². The van der Waals surface area contributed by atoms with Crippen molar-refractivity contribution in [2.24, 2.45) is 34.5 Å². The summed E-state index contributed by atoms with van der Waals surface area (Å²) in [5.74, 6) is -3.73. The highest BCUT2D eigenvalue weighted by atomic mass is 16.4. The Balaban J connectivity index is 1.78. The third-order valence-corrected chi connectivity index (χ3v) is 8.84. The molecular weight excluding hydrogens is 376 g/mol. The van der Waals surface area contributed by atoms with Crippen molar-refractivity contribution in [1.29, 1.82) is 0 Å². The van der Waals surface area contributed by atoms with Gasteiger partial charge in [0.15, 0.2) is 11.6 Å². The minimum atomic E-state index is -2.11. The predicted octanol–water partition coefficient (Wildman–Crippen LogP) is 1.78. The molecule has 7 nitrogen and oxygen atoms in total. The molecule has 29 heavy (non-hydrogen) atoms. The van der Waals surface area contributed by atoms with E-state index in [9.17, 15) is 34.8 Å². The van der Waals surface area contributed by atoms with E-state index in [-0.39, 0.29) is 35.7 Å². The van der Waals surface area contributed by atoms with Gasteiger partial charge in [-0.3, -0.25) is 14.4 Å². The van der Waals surface area contributed by atoms with Crippen molar-refractivity contribution >= 4 is 17.5 Å². The van der Waals surface area contributed by atoms with Gasteiger partial charge in [-0.2, -0.15) is 0 Å². The van der Waals surface area contributed by atoms with Gasteiger partial charge in [0.05, 0.1) is 5.92 Å². The van der Waals surface area contributed by atoms with E-state index in [1.807, 2.05) is 6.92 Å². The highest BCUT2D eigenvalue weighted by molar-refractivity contribution is 6.01. The monoisotopic (exact) mass is 404 g/mol. The fourth-order valence-corrected chi connectivity index (χ4v) is 7.26. The number of hydrogen-bond acceptors (Lipinski definition) is 6. The zero-order valence-electron chi connectivity index (χ0n) is 16.7. The van der Waals surface area contributed by atoms with Crippen LogP contribution in [-0.4, -0.2) is 50.2 Å². The number of allylic oxidation sites excluding steroid dienone is 3. The summed E-state index contributed by atoms with van der Waals surface area (Å²) in [6.07, 6.45) is 5.35. The summed E-state index contributed by atoms with van der Waals surface area (Å²) in [5, 5.41) is 41.4. The Kier molecular flexibility index (Phi) is 4.37. The Bertz CT molecular complexity index is 857. The first-order valence-corrected chi connectivity index (χ1v) is 10.3. The number of carbonyl (C=O) groups is 3. The van der Waals surface area contributed by atoms with Gasteiger partial charge in [0, 0.05) is 16.9 Å². The van der Waals surface area contributed by atoms with Crippen molar-refractivity contribution in [2.45, 2.75) is 51.6 Å². The fraction of sp³-hybridized carbons (Fsp3) is 0.682. The number of aliphatic hydroxyl groups excluding tert-OH is 2. The van der Waals surface area contributed by atoms with Crippen LogP contribution in [-0.2, 0) is 14.4 Å². The van der Waals surface area contributed by atoms with Crippen molar-refractivity contribution in [3.05, 3.63) is 23.5 Å². The summed E-state index contributed by atoms with van der Waals surface area (Å²) in [7, 11) is 0. The number of aliphatic hydroxyl groups is 3. The van der Waals surface area contributed by atoms with E-state index in [1.165, 1.54) is 6.08 Å². The van der Waals surface area contributed by atoms with Crippen molar-refractivity contribution in [3.63, 3.8) is 0 Å². The maximum Gasteiger partial charge on any atom is 0.309 e. The van der Waals surface area contributed by atoms with Crippen molar-refractivity contribution < 1.29 is 34.8 Å². The van der Waals surface area contributed by atoms with E-state index in [4.69, 9.17) is 0 Å². The molecule has 0 amide bonds. The summed E-state index contributed by atoms with van der Waals surface area (Å²) >= 11 is 0. The Morgan fingerprint density at radius 1 is 1.17 bits per heavy atom. The second-order valence-electron chi connectivity index (χ2n) is 9.65. The van der Waals surface area contributed by atoms with Gasteiger partial charge in [0.25, 0.3) is 0 Å². The Labute approximate surface area is 169 Å². The number of carbonyl (C=O) groups excluding carboxylic acids is 2. The molecular formula is C22H28O7. The average molecular weight is 404 g/mol. The van der Waals surface area contributed by atoms with Crippen molar-refractivity contribution in [2.75, 3.05) is 6.61 Å². The molecule has 0 aromatic carbocycles. The molecule has 7 heteroatoms. The van der Waals surface area contributed by atoms with Gasteiger partial charge in [-0.15, -0.1) is 0 Å². The lowest BCUT2D eigenvalue weighted by molar-refractivity contribution is -0.178. The highest BCUT2D eigenvalue weighted by Gasteiger charge is 2.71. The van der Waals surface area contributed by atoms with Crippen LogP contribution in [0.15, 0.2) is 23.5 Å². The SMILES string of the molecule is C[C@]12C(O)=CC(=O)C=C1CC[C@@H]1[C@@H]2CC[C@@]2(C)[C@H]1CC(C(=O)O)[C@]2(O)C(=O)CO. The van der Waals surface area contributed by atoms with Crippen LogP contribution in [0.3, 0.4) is 0 Å². The van der Waals surface area contributed by atoms with Gasteiger partial charge >= 0.3 is 5.97 Å². The first kappa shape index (κ1) is 20.3. The number of aliphatic carboxylic acids is 1. The zero-order chi connectivity index (χ0) is 21.4. The van der Waals surface area contributed by atoms with Crippen LogP contribution >= 0.6 is 0 Å². The van der Waals surface area contributed by atoms with Crippen molar-refractivity contribution in [1.82, 2.24) is 0 Å². The molecule has 4 N–H and O–H groups in total. The summed E-state index contributed by atoms with van der Waals surface area (Å²) in [6.45, 7) is 2.82. The molecule has 4 rings (SSSR count). The summed E-state index contributed by atoms with van der Waals surface area (Å²) < 4.78 is 0. The Hall–Kier alpha value is -1.99. The smallest absolute Gasteiger partial charge is 0.309 e. The van der Waals surface area contributed by atoms with Gasteiger partial charge in [-0.1, -0.05) is 12.5 Å². The van der Waals surface area contributed by atoms with E-state index in [1.54, 1.807) is 13.0 Å². The lowest BCUT2D eigenvalue weighted by Gasteiger charge is -2.58. The third kappa shape index (κ3) is 2.34. The Morgan fingerprint density at radius 2 is 1.86 bits per heavy atom. The predicted molar refractivity (Wildman–Crippen MR) is 102 cm³/mol. The molecule has 4 aliphatic carbocycles. The van der Waals surface area contributed by atoms with Gasteiger partial charge < -0.3 is 20.4 Å². The van der Waals surface area contributed by atoms with E-state index in [0.29, 0.717) is 25.7 Å². The lowest BCUT2D eigenvalue weighted by atomic mass is 9.46. The number of ketones is 2. The molecule has 1 unspecified atom stereocenters. The molecule has 0 aliphatic heterocycles. The summed E-state index contributed by atoms with van der Waals surface area (Å²) in [5.41, 5.74) is -2.85. The number of carboxylic acid groups (broad SMARTS) is 1. The number of rotatable bonds is 3. The maximum atomic E-state index is 12.6. The van der Waals surface area contributed by atoms with Crippen LogP contribution < -0.4 is 0 Å². The van der Waals surface area contributed by atoms with E-state index in [0.717, 1.165) is 5.57 Å². The second kappa shape index (κ2) is 6.25. The normalized spacial score (nSPS) is 46.1. The lowest BCUT2D eigenvalue weighted by Crippen LogP contribution is -2.60. The van der Waals surface area contributed by atoms with Crippen molar-refractivity contribution in [3.8, 4) is 0 Å². The highest BCUT2D eigenvalue weighted by Crippen LogP contribution is 2.69. The van der Waals surface area contributed by atoms with Gasteiger partial charge in [-0.25, -0.2) is 0 Å². The molecule has 0 spiro atoms. The largest absolute Gasteiger partial charge is 0.511 e. The minimum Gasteiger partial charge on any atom is -0.511 e. The third-order valence-electron chi connectivity index (χ3n) is 8.84. The molecule has 3 fully saturated rings. The summed E-state index contributed by atoms with van der Waals surface area (Å²) in [6, 6.07) is 0. The van der Waals surface area contributed by atoms with Crippen LogP contribution in [0, 0.1) is 34.5 Å². The molecule has 0 aromatic heterocycles. The van der Waals surface area contributed by atoms with Crippen LogP contribution in [0.5, 0.6) is 0 Å². The molecule has 0 saturated heterocycles. The molecule has 158 valence electrons. The number of carboxylic acids is 1. The number of fused-ring (bicyclic) bond motifs is 5.